The first kappa shape index (κ1) is 20.1. The van der Waals surface area contributed by atoms with E-state index in [4.69, 9.17) is 0 Å². The van der Waals surface area contributed by atoms with Gasteiger partial charge in [0.2, 0.25) is 11.8 Å². The number of carbonyl (C=O) groups is 2. The van der Waals surface area contributed by atoms with Crippen molar-refractivity contribution in [2.75, 3.05) is 13.1 Å². The van der Waals surface area contributed by atoms with E-state index in [0.717, 1.165) is 6.54 Å². The minimum atomic E-state index is -0.714. The second-order valence-corrected chi connectivity index (χ2v) is 7.68. The first-order valence-corrected chi connectivity index (χ1v) is 9.73. The lowest BCUT2D eigenvalue weighted by molar-refractivity contribution is -0.136. The number of aromatic nitrogens is 4. The molecule has 0 saturated carbocycles. The molecule has 1 fully saturated rings. The second-order valence-electron chi connectivity index (χ2n) is 7.68. The summed E-state index contributed by atoms with van der Waals surface area (Å²) in [6.07, 6.45) is 7.97. The number of hydrogen-bond acceptors (Lipinski definition) is 5. The van der Waals surface area contributed by atoms with Crippen molar-refractivity contribution < 1.29 is 9.59 Å². The van der Waals surface area contributed by atoms with Crippen LogP contribution in [0.15, 0.2) is 36.9 Å². The number of carbonyl (C=O) groups excluding carboxylic acids is 2. The summed E-state index contributed by atoms with van der Waals surface area (Å²) >= 11 is 0. The van der Waals surface area contributed by atoms with Crippen molar-refractivity contribution in [1.29, 1.82) is 0 Å². The smallest absolute Gasteiger partial charge is 0.228 e. The number of hydrogen-bond donors (Lipinski definition) is 3. The van der Waals surface area contributed by atoms with Crippen LogP contribution >= 0.6 is 0 Å². The van der Waals surface area contributed by atoms with Gasteiger partial charge in [-0.3, -0.25) is 19.0 Å². The Morgan fingerprint density at radius 2 is 1.68 bits per heavy atom. The van der Waals surface area contributed by atoms with Crippen molar-refractivity contribution in [3.63, 3.8) is 0 Å². The van der Waals surface area contributed by atoms with Gasteiger partial charge in [-0.2, -0.15) is 10.2 Å². The van der Waals surface area contributed by atoms with E-state index in [1.165, 1.54) is 0 Å². The van der Waals surface area contributed by atoms with Gasteiger partial charge in [-0.05, 0) is 38.9 Å². The van der Waals surface area contributed by atoms with Crippen molar-refractivity contribution in [3.05, 3.63) is 36.9 Å². The van der Waals surface area contributed by atoms with Gasteiger partial charge in [-0.15, -0.1) is 0 Å². The van der Waals surface area contributed by atoms with Crippen molar-refractivity contribution in [2.24, 2.45) is 5.41 Å². The molecule has 0 bridgehead atoms. The highest BCUT2D eigenvalue weighted by molar-refractivity contribution is 5.89. The molecule has 0 aliphatic carbocycles. The van der Waals surface area contributed by atoms with E-state index in [0.29, 0.717) is 26.1 Å². The standard InChI is InChI=1S/C19H29N7O2/c1-15(12-25-9-3-6-21-25)23-17(27)11-19(5-8-20-14-19)18(28)24-16(2)13-26-10-4-7-22-26/h3-4,6-7,9-10,15-16,20H,5,8,11-14H2,1-2H3,(H,23,27)(H,24,28). The van der Waals surface area contributed by atoms with Crippen molar-refractivity contribution in [3.8, 4) is 0 Å². The van der Waals surface area contributed by atoms with Crippen LogP contribution in [0.1, 0.15) is 26.7 Å². The van der Waals surface area contributed by atoms with Gasteiger partial charge in [-0.1, -0.05) is 0 Å². The van der Waals surface area contributed by atoms with Gasteiger partial charge in [0.25, 0.3) is 0 Å². The van der Waals surface area contributed by atoms with Crippen LogP contribution in [0.4, 0.5) is 0 Å². The van der Waals surface area contributed by atoms with Crippen molar-refractivity contribution in [1.82, 2.24) is 35.5 Å². The molecule has 2 aromatic heterocycles. The molecule has 1 aliphatic heterocycles. The first-order valence-electron chi connectivity index (χ1n) is 9.73. The molecule has 1 aliphatic rings. The molecule has 3 heterocycles. The molecule has 3 rings (SSSR count). The van der Waals surface area contributed by atoms with E-state index in [1.807, 2.05) is 38.4 Å². The Kier molecular flexibility index (Phi) is 6.45. The summed E-state index contributed by atoms with van der Waals surface area (Å²) in [5, 5.41) is 17.6. The van der Waals surface area contributed by atoms with Gasteiger partial charge >= 0.3 is 0 Å². The van der Waals surface area contributed by atoms with Crippen LogP contribution in [0.5, 0.6) is 0 Å². The molecule has 2 aromatic rings. The van der Waals surface area contributed by atoms with Gasteiger partial charge in [0.15, 0.2) is 0 Å². The van der Waals surface area contributed by atoms with Gasteiger partial charge in [-0.25, -0.2) is 0 Å². The Bertz CT molecular complexity index is 751. The van der Waals surface area contributed by atoms with Crippen LogP contribution in [0.2, 0.25) is 0 Å². The molecular formula is C19H29N7O2. The third kappa shape index (κ3) is 5.19. The summed E-state index contributed by atoms with van der Waals surface area (Å²) in [5.41, 5.74) is -0.714. The molecule has 9 nitrogen and oxygen atoms in total. The zero-order chi connectivity index (χ0) is 20.0. The fourth-order valence-electron chi connectivity index (χ4n) is 3.65. The van der Waals surface area contributed by atoms with Gasteiger partial charge < -0.3 is 16.0 Å². The van der Waals surface area contributed by atoms with E-state index in [1.54, 1.807) is 21.8 Å². The predicted octanol–water partition coefficient (Wildman–Crippen LogP) is 0.159. The highest BCUT2D eigenvalue weighted by atomic mass is 16.2. The molecule has 0 radical (unpaired) electrons. The number of rotatable bonds is 9. The molecule has 1 saturated heterocycles. The fourth-order valence-corrected chi connectivity index (χ4v) is 3.65. The van der Waals surface area contributed by atoms with Crippen molar-refractivity contribution >= 4 is 11.8 Å². The number of amides is 2. The SMILES string of the molecule is CC(Cn1cccn1)NC(=O)CC1(C(=O)NC(C)Cn2cccn2)CCNC1. The third-order valence-electron chi connectivity index (χ3n) is 5.05. The minimum Gasteiger partial charge on any atom is -0.352 e. The molecule has 2 amide bonds. The van der Waals surface area contributed by atoms with E-state index < -0.39 is 5.41 Å². The summed E-state index contributed by atoms with van der Waals surface area (Å²) in [6.45, 7) is 6.31. The first-order chi connectivity index (χ1) is 13.5. The van der Waals surface area contributed by atoms with Crippen LogP contribution in [0.25, 0.3) is 0 Å². The van der Waals surface area contributed by atoms with Crippen LogP contribution in [0.3, 0.4) is 0 Å². The summed E-state index contributed by atoms with van der Waals surface area (Å²) in [7, 11) is 0. The quantitative estimate of drug-likeness (QED) is 0.568. The third-order valence-corrected chi connectivity index (χ3v) is 5.05. The fraction of sp³-hybridized carbons (Fsp3) is 0.579. The summed E-state index contributed by atoms with van der Waals surface area (Å²) < 4.78 is 3.57. The average molecular weight is 387 g/mol. The van der Waals surface area contributed by atoms with Crippen LogP contribution < -0.4 is 16.0 Å². The predicted molar refractivity (Wildman–Crippen MR) is 104 cm³/mol. The topological polar surface area (TPSA) is 106 Å². The molecule has 3 atom stereocenters. The normalized spacial score (nSPS) is 21.2. The summed E-state index contributed by atoms with van der Waals surface area (Å²) in [6, 6.07) is 3.56. The van der Waals surface area contributed by atoms with Crippen LogP contribution in [0, 0.1) is 5.41 Å². The van der Waals surface area contributed by atoms with E-state index >= 15 is 0 Å². The molecule has 152 valence electrons. The Balaban J connectivity index is 1.54. The molecule has 3 unspecified atom stereocenters. The Morgan fingerprint density at radius 1 is 1.07 bits per heavy atom. The molecule has 3 N–H and O–H groups in total. The number of nitrogens with zero attached hydrogens (tertiary/aromatic N) is 4. The van der Waals surface area contributed by atoms with Crippen LogP contribution in [-0.2, 0) is 22.7 Å². The monoisotopic (exact) mass is 387 g/mol. The maximum Gasteiger partial charge on any atom is 0.228 e. The Hall–Kier alpha value is -2.68. The Morgan fingerprint density at radius 3 is 2.18 bits per heavy atom. The van der Waals surface area contributed by atoms with E-state index in [2.05, 4.69) is 26.1 Å². The van der Waals surface area contributed by atoms with Gasteiger partial charge in [0, 0.05) is 49.8 Å². The zero-order valence-corrected chi connectivity index (χ0v) is 16.5. The molecule has 0 aromatic carbocycles. The lowest BCUT2D eigenvalue weighted by Gasteiger charge is -2.29. The second kappa shape index (κ2) is 9.01. The average Bonchev–Trinajstić information content (AvgIpc) is 3.37. The number of nitrogens with one attached hydrogen (secondary N) is 3. The summed E-state index contributed by atoms with van der Waals surface area (Å²) in [5.74, 6) is -0.190. The zero-order valence-electron chi connectivity index (χ0n) is 16.5. The molecule has 28 heavy (non-hydrogen) atoms. The van der Waals surface area contributed by atoms with Crippen molar-refractivity contribution in [2.45, 2.75) is 51.9 Å². The van der Waals surface area contributed by atoms with E-state index in [-0.39, 0.29) is 30.3 Å². The molecule has 9 heteroatoms. The van der Waals surface area contributed by atoms with Crippen LogP contribution in [-0.4, -0.2) is 56.5 Å². The lowest BCUT2D eigenvalue weighted by Crippen LogP contribution is -2.50. The Labute approximate surface area is 164 Å². The molecular weight excluding hydrogens is 358 g/mol. The minimum absolute atomic E-state index is 0.0689. The molecule has 0 spiro atoms. The largest absolute Gasteiger partial charge is 0.352 e. The van der Waals surface area contributed by atoms with E-state index in [9.17, 15) is 9.59 Å². The van der Waals surface area contributed by atoms with Gasteiger partial charge in [0.05, 0.1) is 18.5 Å². The maximum absolute atomic E-state index is 13.0. The highest BCUT2D eigenvalue weighted by Gasteiger charge is 2.43. The lowest BCUT2D eigenvalue weighted by atomic mass is 9.82. The maximum atomic E-state index is 13.0. The summed E-state index contributed by atoms with van der Waals surface area (Å²) in [4.78, 5) is 25.6. The van der Waals surface area contributed by atoms with Gasteiger partial charge in [0.1, 0.15) is 0 Å². The highest BCUT2D eigenvalue weighted by Crippen LogP contribution is 2.30.